The lowest BCUT2D eigenvalue weighted by Gasteiger charge is -2.35. The lowest BCUT2D eigenvalue weighted by molar-refractivity contribution is -0.117. The maximum atomic E-state index is 12.3. The number of anilines is 4. The summed E-state index contributed by atoms with van der Waals surface area (Å²) in [7, 11) is -3.79. The Morgan fingerprint density at radius 1 is 0.727 bits per heavy atom. The van der Waals surface area contributed by atoms with E-state index in [-0.39, 0.29) is 11.8 Å². The molecule has 6 N–H and O–H groups in total. The predicted molar refractivity (Wildman–Crippen MR) is 143 cm³/mol. The molecule has 9 heteroatoms. The van der Waals surface area contributed by atoms with E-state index in [0.29, 0.717) is 24.2 Å². The molecule has 2 rings (SSSR count). The molecule has 0 radical (unpaired) electrons. The summed E-state index contributed by atoms with van der Waals surface area (Å²) in [6.45, 7) is 8.82. The van der Waals surface area contributed by atoms with Crippen molar-refractivity contribution in [3.63, 3.8) is 0 Å². The van der Waals surface area contributed by atoms with Crippen molar-refractivity contribution in [1.82, 2.24) is 0 Å². The average molecular weight is 487 g/mol. The van der Waals surface area contributed by atoms with Gasteiger partial charge in [-0.25, -0.2) is 0 Å². The van der Waals surface area contributed by atoms with Gasteiger partial charge in [-0.3, -0.25) is 9.59 Å². The number of nitrogens with two attached hydrogens (primary N) is 2. The van der Waals surface area contributed by atoms with Crippen LogP contribution in [0.1, 0.15) is 25.7 Å². The van der Waals surface area contributed by atoms with Crippen molar-refractivity contribution in [2.24, 2.45) is 0 Å². The minimum Gasteiger partial charge on any atom is -0.456 e. The van der Waals surface area contributed by atoms with Gasteiger partial charge in [-0.05, 0) is 99.6 Å². The Labute approximate surface area is 199 Å². The average Bonchev–Trinajstić information content (AvgIpc) is 2.70. The van der Waals surface area contributed by atoms with Crippen LogP contribution in [0.5, 0.6) is 0 Å². The first kappa shape index (κ1) is 26.6. The Kier molecular flexibility index (Phi) is 9.69. The van der Waals surface area contributed by atoms with Crippen molar-refractivity contribution >= 4 is 51.2 Å². The normalized spacial score (nSPS) is 11.8. The van der Waals surface area contributed by atoms with E-state index in [9.17, 15) is 9.59 Å². The van der Waals surface area contributed by atoms with Crippen molar-refractivity contribution in [2.45, 2.75) is 64.0 Å². The molecule has 0 saturated carbocycles. The highest BCUT2D eigenvalue weighted by atomic mass is 28.4. The van der Waals surface area contributed by atoms with Crippen LogP contribution in [-0.2, 0) is 13.7 Å². The van der Waals surface area contributed by atoms with Crippen LogP contribution in [0.15, 0.2) is 48.5 Å². The van der Waals surface area contributed by atoms with E-state index in [1.165, 1.54) is 0 Å². The maximum absolute atomic E-state index is 12.3. The summed E-state index contributed by atoms with van der Waals surface area (Å²) in [6, 6.07) is 16.1. The molecule has 0 fully saturated rings. The van der Waals surface area contributed by atoms with Crippen LogP contribution >= 0.6 is 0 Å². The molecule has 0 unspecified atom stereocenters. The van der Waals surface area contributed by atoms with Crippen LogP contribution in [-0.4, -0.2) is 28.4 Å². The van der Waals surface area contributed by atoms with E-state index < -0.39 is 16.6 Å². The second-order valence-corrected chi connectivity index (χ2v) is 18.7. The van der Waals surface area contributed by atoms with Gasteiger partial charge in [0, 0.05) is 35.6 Å². The smallest absolute Gasteiger partial charge is 0.224 e. The van der Waals surface area contributed by atoms with Gasteiger partial charge in [-0.1, -0.05) is 0 Å². The summed E-state index contributed by atoms with van der Waals surface area (Å²) >= 11 is 0. The van der Waals surface area contributed by atoms with Gasteiger partial charge in [-0.2, -0.15) is 0 Å². The molecule has 2 aromatic rings. The van der Waals surface area contributed by atoms with E-state index in [0.717, 1.165) is 36.3 Å². The molecular formula is C24H38N4O3Si2. The van der Waals surface area contributed by atoms with Gasteiger partial charge >= 0.3 is 0 Å². The van der Waals surface area contributed by atoms with E-state index >= 15 is 0 Å². The van der Waals surface area contributed by atoms with Crippen molar-refractivity contribution in [2.75, 3.05) is 22.1 Å². The van der Waals surface area contributed by atoms with Crippen molar-refractivity contribution < 1.29 is 13.7 Å². The molecule has 2 aromatic carbocycles. The fraction of sp³-hybridized carbons (Fsp3) is 0.417. The Morgan fingerprint density at radius 3 is 1.42 bits per heavy atom. The minimum absolute atomic E-state index is 0.00741. The van der Waals surface area contributed by atoms with Gasteiger partial charge in [0.25, 0.3) is 0 Å². The van der Waals surface area contributed by atoms with Gasteiger partial charge < -0.3 is 26.2 Å². The lowest BCUT2D eigenvalue weighted by Crippen LogP contribution is -2.44. The summed E-state index contributed by atoms with van der Waals surface area (Å²) in [5.41, 5.74) is 14.2. The molecule has 2 amide bonds. The summed E-state index contributed by atoms with van der Waals surface area (Å²) in [6.07, 6.45) is 2.43. The Morgan fingerprint density at radius 2 is 1.09 bits per heavy atom. The molecule has 0 aliphatic carbocycles. The van der Waals surface area contributed by atoms with Gasteiger partial charge in [0.05, 0.1) is 0 Å². The Balaban J connectivity index is 1.82. The van der Waals surface area contributed by atoms with Gasteiger partial charge in [-0.15, -0.1) is 0 Å². The molecule has 0 saturated heterocycles. The number of nitrogen functional groups attached to an aromatic ring is 2. The first-order chi connectivity index (χ1) is 15.4. The molecule has 180 valence electrons. The van der Waals surface area contributed by atoms with E-state index in [4.69, 9.17) is 15.6 Å². The molecule has 0 bridgehead atoms. The zero-order valence-electron chi connectivity index (χ0n) is 20.2. The number of carbonyl (C=O) groups is 2. The summed E-state index contributed by atoms with van der Waals surface area (Å²) < 4.78 is 6.64. The monoisotopic (exact) mass is 486 g/mol. The number of benzene rings is 2. The van der Waals surface area contributed by atoms with Gasteiger partial charge in [0.1, 0.15) is 0 Å². The number of carbonyl (C=O) groups excluding carboxylic acids is 2. The molecule has 0 spiro atoms. The largest absolute Gasteiger partial charge is 0.456 e. The van der Waals surface area contributed by atoms with Gasteiger partial charge in [0.15, 0.2) is 16.6 Å². The van der Waals surface area contributed by atoms with E-state index in [2.05, 4.69) is 36.8 Å². The highest BCUT2D eigenvalue weighted by molar-refractivity contribution is 6.84. The molecule has 7 nitrogen and oxygen atoms in total. The lowest BCUT2D eigenvalue weighted by atomic mass is 10.2. The number of rotatable bonds is 12. The molecule has 0 heterocycles. The van der Waals surface area contributed by atoms with Crippen LogP contribution < -0.4 is 22.1 Å². The molecule has 0 aromatic heterocycles. The Bertz CT molecular complexity index is 847. The summed E-state index contributed by atoms with van der Waals surface area (Å²) in [5, 5.41) is 5.83. The third-order valence-electron chi connectivity index (χ3n) is 5.16. The third kappa shape index (κ3) is 10.7. The fourth-order valence-electron chi connectivity index (χ4n) is 3.79. The van der Waals surface area contributed by atoms with Crippen LogP contribution in [0.3, 0.4) is 0 Å². The van der Waals surface area contributed by atoms with Crippen LogP contribution in [0.2, 0.25) is 38.3 Å². The second kappa shape index (κ2) is 12.0. The number of hydrogen-bond acceptors (Lipinski definition) is 5. The van der Waals surface area contributed by atoms with Crippen LogP contribution in [0.25, 0.3) is 0 Å². The molecule has 33 heavy (non-hydrogen) atoms. The standard InChI is InChI=1S/C24H38N4O3Si2/c1-32(2,3)31-33(4,17-5-7-23(29)27-21-13-9-19(25)10-14-21)18-6-8-24(30)28-22-15-11-20(26)12-16-22/h9-16H,5-8,17-18,25-26H2,1-4H3,(H,27,29)(H,28,30). The van der Waals surface area contributed by atoms with E-state index in [1.807, 2.05) is 0 Å². The van der Waals surface area contributed by atoms with E-state index in [1.54, 1.807) is 48.5 Å². The minimum atomic E-state index is -2.05. The third-order valence-corrected chi connectivity index (χ3v) is 12.4. The zero-order valence-corrected chi connectivity index (χ0v) is 22.2. The first-order valence-electron chi connectivity index (χ1n) is 11.5. The Hall–Kier alpha value is -2.63. The fourth-order valence-corrected chi connectivity index (χ4v) is 12.6. The van der Waals surface area contributed by atoms with Crippen LogP contribution in [0.4, 0.5) is 22.7 Å². The zero-order chi connectivity index (χ0) is 24.5. The molecule has 0 atom stereocenters. The molecule has 0 aliphatic heterocycles. The molecule has 0 aliphatic rings. The van der Waals surface area contributed by atoms with Crippen molar-refractivity contribution in [3.8, 4) is 0 Å². The van der Waals surface area contributed by atoms with Crippen LogP contribution in [0, 0.1) is 0 Å². The van der Waals surface area contributed by atoms with Crippen molar-refractivity contribution in [1.29, 1.82) is 0 Å². The van der Waals surface area contributed by atoms with Gasteiger partial charge in [0.2, 0.25) is 11.8 Å². The number of nitrogens with one attached hydrogen (secondary N) is 2. The number of amides is 2. The van der Waals surface area contributed by atoms with Crippen molar-refractivity contribution in [3.05, 3.63) is 48.5 Å². The SMILES string of the molecule is C[Si](C)(C)O[Si](C)(CCCC(=O)Nc1ccc(N)cc1)CCCC(=O)Nc1ccc(N)cc1. The quantitative estimate of drug-likeness (QED) is 0.236. The predicted octanol–water partition coefficient (Wildman–Crippen LogP) is 5.42. The summed E-state index contributed by atoms with van der Waals surface area (Å²) in [5.74, 6) is -0.0148. The first-order valence-corrected chi connectivity index (χ1v) is 17.7. The number of hydrogen-bond donors (Lipinski definition) is 4. The second-order valence-electron chi connectivity index (χ2n) is 9.71. The maximum Gasteiger partial charge on any atom is 0.224 e. The summed E-state index contributed by atoms with van der Waals surface area (Å²) in [4.78, 5) is 24.7. The molecular weight excluding hydrogens is 448 g/mol. The topological polar surface area (TPSA) is 119 Å². The highest BCUT2D eigenvalue weighted by Gasteiger charge is 2.33. The highest BCUT2D eigenvalue weighted by Crippen LogP contribution is 2.27.